The summed E-state index contributed by atoms with van der Waals surface area (Å²) in [5.74, 6) is 1.49. The van der Waals surface area contributed by atoms with Gasteiger partial charge in [0.25, 0.3) is 0 Å². The van der Waals surface area contributed by atoms with Gasteiger partial charge in [0, 0.05) is 19.0 Å². The van der Waals surface area contributed by atoms with Gasteiger partial charge in [-0.15, -0.1) is 0 Å². The SMILES string of the molecule is CCc1cc(C2CCCN2C(=O)CC(C)C)on1. The minimum Gasteiger partial charge on any atom is -0.359 e. The van der Waals surface area contributed by atoms with Crippen LogP contribution in [0.1, 0.15) is 57.5 Å². The summed E-state index contributed by atoms with van der Waals surface area (Å²) in [7, 11) is 0. The molecule has 0 N–H and O–H groups in total. The number of rotatable bonds is 4. The van der Waals surface area contributed by atoms with E-state index >= 15 is 0 Å². The number of aromatic nitrogens is 1. The van der Waals surface area contributed by atoms with Crippen molar-refractivity contribution in [1.29, 1.82) is 0 Å². The molecule has 1 aliphatic rings. The maximum absolute atomic E-state index is 12.2. The molecule has 4 heteroatoms. The normalized spacial score (nSPS) is 19.8. The fourth-order valence-corrected chi connectivity index (χ4v) is 2.48. The number of hydrogen-bond donors (Lipinski definition) is 0. The van der Waals surface area contributed by atoms with Crippen molar-refractivity contribution < 1.29 is 9.32 Å². The van der Waals surface area contributed by atoms with Crippen LogP contribution in [0.15, 0.2) is 10.6 Å². The lowest BCUT2D eigenvalue weighted by molar-refractivity contribution is -0.133. The molecule has 1 aromatic heterocycles. The van der Waals surface area contributed by atoms with Crippen LogP contribution in [0.2, 0.25) is 0 Å². The minimum absolute atomic E-state index is 0.101. The van der Waals surface area contributed by atoms with Crippen molar-refractivity contribution in [1.82, 2.24) is 10.1 Å². The first-order valence-electron chi connectivity index (χ1n) is 6.86. The zero-order valence-corrected chi connectivity index (χ0v) is 11.5. The lowest BCUT2D eigenvalue weighted by Gasteiger charge is -2.23. The van der Waals surface area contributed by atoms with E-state index in [0.29, 0.717) is 12.3 Å². The highest BCUT2D eigenvalue weighted by molar-refractivity contribution is 5.77. The van der Waals surface area contributed by atoms with Crippen LogP contribution in [0, 0.1) is 5.92 Å². The van der Waals surface area contributed by atoms with Crippen LogP contribution < -0.4 is 0 Å². The van der Waals surface area contributed by atoms with E-state index in [2.05, 4.69) is 25.9 Å². The molecular formula is C14H22N2O2. The Kier molecular flexibility index (Phi) is 4.04. The van der Waals surface area contributed by atoms with Gasteiger partial charge < -0.3 is 9.42 Å². The van der Waals surface area contributed by atoms with Crippen LogP contribution in [0.5, 0.6) is 0 Å². The van der Waals surface area contributed by atoms with Gasteiger partial charge in [-0.2, -0.15) is 0 Å². The Morgan fingerprint density at radius 2 is 2.39 bits per heavy atom. The average molecular weight is 250 g/mol. The van der Waals surface area contributed by atoms with Gasteiger partial charge in [-0.25, -0.2) is 0 Å². The molecule has 0 bridgehead atoms. The van der Waals surface area contributed by atoms with Crippen molar-refractivity contribution >= 4 is 5.91 Å². The molecule has 0 aromatic carbocycles. The molecule has 1 fully saturated rings. The van der Waals surface area contributed by atoms with Crippen molar-refractivity contribution in [3.8, 4) is 0 Å². The first-order chi connectivity index (χ1) is 8.61. The average Bonchev–Trinajstić information content (AvgIpc) is 2.96. The van der Waals surface area contributed by atoms with Crippen molar-refractivity contribution in [2.24, 2.45) is 5.92 Å². The number of nitrogens with zero attached hydrogens (tertiary/aromatic N) is 2. The third kappa shape index (κ3) is 2.74. The Hall–Kier alpha value is -1.32. The number of aryl methyl sites for hydroxylation is 1. The summed E-state index contributed by atoms with van der Waals surface area (Å²) in [6.45, 7) is 7.05. The van der Waals surface area contributed by atoms with Crippen LogP contribution in [-0.4, -0.2) is 22.5 Å². The molecule has 1 saturated heterocycles. The van der Waals surface area contributed by atoms with Crippen molar-refractivity contribution in [2.45, 2.75) is 52.5 Å². The molecular weight excluding hydrogens is 228 g/mol. The van der Waals surface area contributed by atoms with Gasteiger partial charge in [0.15, 0.2) is 5.76 Å². The maximum Gasteiger partial charge on any atom is 0.223 e. The van der Waals surface area contributed by atoms with Crippen LogP contribution in [0.3, 0.4) is 0 Å². The van der Waals surface area contributed by atoms with Crippen molar-refractivity contribution in [3.05, 3.63) is 17.5 Å². The molecule has 4 nitrogen and oxygen atoms in total. The molecule has 0 radical (unpaired) electrons. The van der Waals surface area contributed by atoms with Gasteiger partial charge in [-0.3, -0.25) is 4.79 Å². The van der Waals surface area contributed by atoms with Gasteiger partial charge in [0.2, 0.25) is 5.91 Å². The summed E-state index contributed by atoms with van der Waals surface area (Å²) < 4.78 is 5.38. The van der Waals surface area contributed by atoms with Crippen LogP contribution in [-0.2, 0) is 11.2 Å². The van der Waals surface area contributed by atoms with Crippen LogP contribution in [0.4, 0.5) is 0 Å². The highest BCUT2D eigenvalue weighted by Gasteiger charge is 2.32. The van der Waals surface area contributed by atoms with E-state index in [9.17, 15) is 4.79 Å². The summed E-state index contributed by atoms with van der Waals surface area (Å²) in [4.78, 5) is 14.1. The quantitative estimate of drug-likeness (QED) is 0.825. The molecule has 1 atom stereocenters. The van der Waals surface area contributed by atoms with E-state index in [0.717, 1.165) is 37.3 Å². The molecule has 18 heavy (non-hydrogen) atoms. The van der Waals surface area contributed by atoms with Crippen LogP contribution in [0.25, 0.3) is 0 Å². The summed E-state index contributed by atoms with van der Waals surface area (Å²) in [5.41, 5.74) is 0.966. The fraction of sp³-hybridized carbons (Fsp3) is 0.714. The minimum atomic E-state index is 0.101. The summed E-state index contributed by atoms with van der Waals surface area (Å²) in [6, 6.07) is 2.09. The largest absolute Gasteiger partial charge is 0.359 e. The Morgan fingerprint density at radius 3 is 3.00 bits per heavy atom. The second-order valence-electron chi connectivity index (χ2n) is 5.42. The van der Waals surface area contributed by atoms with E-state index in [1.165, 1.54) is 0 Å². The number of carbonyl (C=O) groups is 1. The molecule has 0 saturated carbocycles. The summed E-state index contributed by atoms with van der Waals surface area (Å²) in [5, 5.41) is 4.02. The van der Waals surface area contributed by atoms with Crippen molar-refractivity contribution in [3.63, 3.8) is 0 Å². The maximum atomic E-state index is 12.2. The van der Waals surface area contributed by atoms with E-state index < -0.39 is 0 Å². The fourth-order valence-electron chi connectivity index (χ4n) is 2.48. The Bertz CT molecular complexity index is 412. The summed E-state index contributed by atoms with van der Waals surface area (Å²) >= 11 is 0. The predicted octanol–water partition coefficient (Wildman–Crippen LogP) is 2.95. The molecule has 1 amide bonds. The van der Waals surface area contributed by atoms with Gasteiger partial charge in [0.05, 0.1) is 11.7 Å². The van der Waals surface area contributed by atoms with E-state index in [1.807, 2.05) is 11.0 Å². The zero-order valence-electron chi connectivity index (χ0n) is 11.5. The lowest BCUT2D eigenvalue weighted by Crippen LogP contribution is -2.31. The molecule has 0 spiro atoms. The lowest BCUT2D eigenvalue weighted by atomic mass is 10.1. The monoisotopic (exact) mass is 250 g/mol. The van der Waals surface area contributed by atoms with Crippen LogP contribution >= 0.6 is 0 Å². The molecule has 2 rings (SSSR count). The second-order valence-corrected chi connectivity index (χ2v) is 5.42. The first-order valence-corrected chi connectivity index (χ1v) is 6.86. The van der Waals surface area contributed by atoms with E-state index in [-0.39, 0.29) is 11.9 Å². The highest BCUT2D eigenvalue weighted by atomic mass is 16.5. The predicted molar refractivity (Wildman–Crippen MR) is 69.0 cm³/mol. The van der Waals surface area contributed by atoms with Crippen molar-refractivity contribution in [2.75, 3.05) is 6.54 Å². The number of carbonyl (C=O) groups excluding carboxylic acids is 1. The molecule has 0 aliphatic carbocycles. The van der Waals surface area contributed by atoms with E-state index in [1.54, 1.807) is 0 Å². The van der Waals surface area contributed by atoms with Gasteiger partial charge in [-0.05, 0) is 25.2 Å². The molecule has 100 valence electrons. The Labute approximate surface area is 108 Å². The molecule has 2 heterocycles. The standard InChI is InChI=1S/C14H22N2O2/c1-4-11-9-13(18-15-11)12-6-5-7-16(12)14(17)8-10(2)3/h9-10,12H,4-8H2,1-3H3. The zero-order chi connectivity index (χ0) is 13.1. The Morgan fingerprint density at radius 1 is 1.61 bits per heavy atom. The highest BCUT2D eigenvalue weighted by Crippen LogP contribution is 2.33. The topological polar surface area (TPSA) is 46.3 Å². The molecule has 1 aliphatic heterocycles. The molecule has 1 aromatic rings. The third-order valence-corrected chi connectivity index (χ3v) is 3.42. The van der Waals surface area contributed by atoms with Gasteiger partial charge >= 0.3 is 0 Å². The second kappa shape index (κ2) is 5.55. The number of likely N-dealkylation sites (tertiary alicyclic amines) is 1. The smallest absolute Gasteiger partial charge is 0.223 e. The third-order valence-electron chi connectivity index (χ3n) is 3.42. The Balaban J connectivity index is 2.09. The number of amides is 1. The number of hydrogen-bond acceptors (Lipinski definition) is 3. The molecule has 1 unspecified atom stereocenters. The van der Waals surface area contributed by atoms with E-state index in [4.69, 9.17) is 4.52 Å². The van der Waals surface area contributed by atoms with Gasteiger partial charge in [-0.1, -0.05) is 25.9 Å². The summed E-state index contributed by atoms with van der Waals surface area (Å²) in [6.07, 6.45) is 3.53. The van der Waals surface area contributed by atoms with Gasteiger partial charge in [0.1, 0.15) is 0 Å². The first kappa shape index (κ1) is 13.1.